The van der Waals surface area contributed by atoms with Crippen molar-refractivity contribution in [3.63, 3.8) is 0 Å². The van der Waals surface area contributed by atoms with Gasteiger partial charge in [0.1, 0.15) is 5.69 Å². The van der Waals surface area contributed by atoms with Crippen molar-refractivity contribution < 1.29 is 9.72 Å². The van der Waals surface area contributed by atoms with E-state index >= 15 is 0 Å². The number of nitrogens with zero attached hydrogens (tertiary/aromatic N) is 3. The molecule has 1 aliphatic rings. The summed E-state index contributed by atoms with van der Waals surface area (Å²) in [6.07, 6.45) is 0. The standard InChI is InChI=1S/C17H16Cl2N4O3/c18-12-1-4-14(5-2-12)20-17(24)22-9-7-21(8-10-22)15-6-3-13(19)11-16(15)23(25)26/h1-6,11H,7-10H2,(H,20,24). The van der Waals surface area contributed by atoms with Crippen molar-refractivity contribution in [2.75, 3.05) is 36.4 Å². The predicted molar refractivity (Wildman–Crippen MR) is 102 cm³/mol. The van der Waals surface area contributed by atoms with Crippen LogP contribution in [0, 0.1) is 10.1 Å². The van der Waals surface area contributed by atoms with Crippen molar-refractivity contribution in [1.29, 1.82) is 0 Å². The van der Waals surface area contributed by atoms with E-state index in [0.717, 1.165) is 0 Å². The second-order valence-electron chi connectivity index (χ2n) is 5.80. The molecule has 0 atom stereocenters. The molecule has 7 nitrogen and oxygen atoms in total. The van der Waals surface area contributed by atoms with E-state index in [-0.39, 0.29) is 11.7 Å². The third-order valence-corrected chi connectivity index (χ3v) is 4.62. The highest BCUT2D eigenvalue weighted by atomic mass is 35.5. The summed E-state index contributed by atoms with van der Waals surface area (Å²) >= 11 is 11.7. The van der Waals surface area contributed by atoms with Crippen LogP contribution in [0.4, 0.5) is 21.9 Å². The Morgan fingerprint density at radius 2 is 1.62 bits per heavy atom. The van der Waals surface area contributed by atoms with E-state index in [1.54, 1.807) is 41.3 Å². The lowest BCUT2D eigenvalue weighted by Gasteiger charge is -2.35. The van der Waals surface area contributed by atoms with Gasteiger partial charge in [0, 0.05) is 48.0 Å². The van der Waals surface area contributed by atoms with E-state index in [0.29, 0.717) is 47.6 Å². The van der Waals surface area contributed by atoms with Gasteiger partial charge in [-0.2, -0.15) is 0 Å². The SMILES string of the molecule is O=C(Nc1ccc(Cl)cc1)N1CCN(c2ccc(Cl)cc2[N+](=O)[O-])CC1. The molecule has 1 fully saturated rings. The first kappa shape index (κ1) is 18.3. The number of hydrogen-bond acceptors (Lipinski definition) is 4. The number of halogens is 2. The van der Waals surface area contributed by atoms with Crippen molar-refractivity contribution in [3.05, 3.63) is 62.6 Å². The summed E-state index contributed by atoms with van der Waals surface area (Å²) in [4.78, 5) is 26.7. The summed E-state index contributed by atoms with van der Waals surface area (Å²) in [5, 5.41) is 15.0. The first-order valence-electron chi connectivity index (χ1n) is 7.94. The average molecular weight is 395 g/mol. The normalized spacial score (nSPS) is 14.2. The van der Waals surface area contributed by atoms with Crippen LogP contribution in [-0.2, 0) is 0 Å². The summed E-state index contributed by atoms with van der Waals surface area (Å²) in [6.45, 7) is 1.91. The first-order valence-corrected chi connectivity index (χ1v) is 8.70. The van der Waals surface area contributed by atoms with Crippen molar-refractivity contribution in [2.24, 2.45) is 0 Å². The fraction of sp³-hybridized carbons (Fsp3) is 0.235. The number of amides is 2. The second-order valence-corrected chi connectivity index (χ2v) is 6.67. The number of nitro benzene ring substituents is 1. The number of nitro groups is 1. The number of carbonyl (C=O) groups is 1. The van der Waals surface area contributed by atoms with E-state index < -0.39 is 4.92 Å². The monoisotopic (exact) mass is 394 g/mol. The van der Waals surface area contributed by atoms with Crippen molar-refractivity contribution >= 4 is 46.3 Å². The van der Waals surface area contributed by atoms with Crippen LogP contribution in [0.5, 0.6) is 0 Å². The molecule has 1 N–H and O–H groups in total. The minimum atomic E-state index is -0.444. The maximum atomic E-state index is 12.4. The van der Waals surface area contributed by atoms with Crippen LogP contribution in [0.3, 0.4) is 0 Å². The van der Waals surface area contributed by atoms with Crippen LogP contribution in [-0.4, -0.2) is 42.0 Å². The zero-order chi connectivity index (χ0) is 18.7. The Morgan fingerprint density at radius 1 is 1.00 bits per heavy atom. The maximum absolute atomic E-state index is 12.4. The molecule has 0 aromatic heterocycles. The Balaban J connectivity index is 1.63. The molecule has 136 valence electrons. The molecule has 0 radical (unpaired) electrons. The highest BCUT2D eigenvalue weighted by Crippen LogP contribution is 2.31. The fourth-order valence-electron chi connectivity index (χ4n) is 2.80. The van der Waals surface area contributed by atoms with Gasteiger partial charge in [-0.25, -0.2) is 4.79 Å². The molecule has 26 heavy (non-hydrogen) atoms. The van der Waals surface area contributed by atoms with Crippen LogP contribution < -0.4 is 10.2 Å². The first-order chi connectivity index (χ1) is 12.4. The quantitative estimate of drug-likeness (QED) is 0.622. The van der Waals surface area contributed by atoms with Gasteiger partial charge >= 0.3 is 6.03 Å². The van der Waals surface area contributed by atoms with Gasteiger partial charge in [-0.05, 0) is 36.4 Å². The molecule has 3 rings (SSSR count). The molecule has 0 saturated carbocycles. The number of nitrogens with one attached hydrogen (secondary N) is 1. The highest BCUT2D eigenvalue weighted by molar-refractivity contribution is 6.31. The van der Waals surface area contributed by atoms with Crippen LogP contribution >= 0.6 is 23.2 Å². The van der Waals surface area contributed by atoms with Gasteiger partial charge in [-0.3, -0.25) is 10.1 Å². The minimum Gasteiger partial charge on any atom is -0.362 e. The summed E-state index contributed by atoms with van der Waals surface area (Å²) in [5.74, 6) is 0. The second kappa shape index (κ2) is 7.80. The number of hydrogen-bond donors (Lipinski definition) is 1. The lowest BCUT2D eigenvalue weighted by molar-refractivity contribution is -0.384. The molecule has 0 unspecified atom stereocenters. The highest BCUT2D eigenvalue weighted by Gasteiger charge is 2.26. The van der Waals surface area contributed by atoms with Gasteiger partial charge in [0.05, 0.1) is 4.92 Å². The number of urea groups is 1. The maximum Gasteiger partial charge on any atom is 0.321 e. The van der Waals surface area contributed by atoms with Crippen LogP contribution in [0.2, 0.25) is 10.0 Å². The molecule has 9 heteroatoms. The van der Waals surface area contributed by atoms with E-state index in [1.807, 2.05) is 4.90 Å². The molecule has 1 heterocycles. The lowest BCUT2D eigenvalue weighted by atomic mass is 10.2. The smallest absolute Gasteiger partial charge is 0.321 e. The van der Waals surface area contributed by atoms with E-state index in [2.05, 4.69) is 5.32 Å². The topological polar surface area (TPSA) is 78.7 Å². The van der Waals surface area contributed by atoms with Gasteiger partial charge in [-0.1, -0.05) is 23.2 Å². The number of anilines is 2. The molecular weight excluding hydrogens is 379 g/mol. The molecular formula is C17H16Cl2N4O3. The summed E-state index contributed by atoms with van der Waals surface area (Å²) in [7, 11) is 0. The van der Waals surface area contributed by atoms with Gasteiger partial charge in [0.25, 0.3) is 5.69 Å². The molecule has 2 aromatic rings. The number of benzene rings is 2. The summed E-state index contributed by atoms with van der Waals surface area (Å²) in [5.41, 5.74) is 1.14. The Kier molecular flexibility index (Phi) is 5.49. The molecule has 1 saturated heterocycles. The largest absolute Gasteiger partial charge is 0.362 e. The number of rotatable bonds is 3. The van der Waals surface area contributed by atoms with Crippen molar-refractivity contribution in [3.8, 4) is 0 Å². The van der Waals surface area contributed by atoms with Gasteiger partial charge in [0.2, 0.25) is 0 Å². The minimum absolute atomic E-state index is 0.0310. The molecule has 0 spiro atoms. The van der Waals surface area contributed by atoms with E-state index in [4.69, 9.17) is 23.2 Å². The van der Waals surface area contributed by atoms with Crippen molar-refractivity contribution in [2.45, 2.75) is 0 Å². The summed E-state index contributed by atoms with van der Waals surface area (Å²) in [6, 6.07) is 11.3. The Morgan fingerprint density at radius 3 is 2.23 bits per heavy atom. The van der Waals surface area contributed by atoms with Crippen LogP contribution in [0.25, 0.3) is 0 Å². The molecule has 2 amide bonds. The zero-order valence-electron chi connectivity index (χ0n) is 13.7. The molecule has 0 bridgehead atoms. The molecule has 0 aliphatic carbocycles. The van der Waals surface area contributed by atoms with Gasteiger partial charge in [0.15, 0.2) is 0 Å². The van der Waals surface area contributed by atoms with Crippen LogP contribution in [0.15, 0.2) is 42.5 Å². The average Bonchev–Trinajstić information content (AvgIpc) is 2.63. The Labute approximate surface area is 160 Å². The Hall–Kier alpha value is -2.51. The van der Waals surface area contributed by atoms with E-state index in [9.17, 15) is 14.9 Å². The molecule has 1 aliphatic heterocycles. The summed E-state index contributed by atoms with van der Waals surface area (Å²) < 4.78 is 0. The fourth-order valence-corrected chi connectivity index (χ4v) is 3.09. The van der Waals surface area contributed by atoms with Gasteiger partial charge in [-0.15, -0.1) is 0 Å². The molecule has 2 aromatic carbocycles. The third kappa shape index (κ3) is 4.17. The predicted octanol–water partition coefficient (Wildman–Crippen LogP) is 4.26. The van der Waals surface area contributed by atoms with Crippen LogP contribution in [0.1, 0.15) is 0 Å². The zero-order valence-corrected chi connectivity index (χ0v) is 15.2. The number of piperazine rings is 1. The lowest BCUT2D eigenvalue weighted by Crippen LogP contribution is -2.50. The van der Waals surface area contributed by atoms with Gasteiger partial charge < -0.3 is 15.1 Å². The van der Waals surface area contributed by atoms with Crippen molar-refractivity contribution in [1.82, 2.24) is 4.90 Å². The van der Waals surface area contributed by atoms with E-state index in [1.165, 1.54) is 6.07 Å². The Bertz CT molecular complexity index is 821. The third-order valence-electron chi connectivity index (χ3n) is 4.14. The number of carbonyl (C=O) groups excluding carboxylic acids is 1.